The summed E-state index contributed by atoms with van der Waals surface area (Å²) in [7, 11) is -3.83. The van der Waals surface area contributed by atoms with Crippen molar-refractivity contribution in [1.82, 2.24) is 4.31 Å². The molecule has 0 spiro atoms. The van der Waals surface area contributed by atoms with Gasteiger partial charge in [-0.1, -0.05) is 54.7 Å². The van der Waals surface area contributed by atoms with E-state index in [2.05, 4.69) is 0 Å². The van der Waals surface area contributed by atoms with Gasteiger partial charge < -0.3 is 4.74 Å². The van der Waals surface area contributed by atoms with Gasteiger partial charge in [0.25, 0.3) is 0 Å². The summed E-state index contributed by atoms with van der Waals surface area (Å²) in [6.07, 6.45) is -0.984. The molecule has 1 aliphatic heterocycles. The lowest BCUT2D eigenvalue weighted by atomic mass is 10.1. The number of hydrogen-bond acceptors (Lipinski definition) is 4. The summed E-state index contributed by atoms with van der Waals surface area (Å²) in [6.45, 7) is 6.01. The summed E-state index contributed by atoms with van der Waals surface area (Å²) in [6, 6.07) is 10.9. The van der Waals surface area contributed by atoms with Crippen molar-refractivity contribution in [2.45, 2.75) is 44.4 Å². The van der Waals surface area contributed by atoms with Crippen molar-refractivity contribution < 1.29 is 17.9 Å². The molecule has 29 heavy (non-hydrogen) atoms. The van der Waals surface area contributed by atoms with Crippen LogP contribution in [0.15, 0.2) is 47.4 Å². The van der Waals surface area contributed by atoms with Crippen LogP contribution < -0.4 is 0 Å². The first-order valence-corrected chi connectivity index (χ1v) is 11.5. The maximum Gasteiger partial charge on any atom is 0.245 e. The van der Waals surface area contributed by atoms with Gasteiger partial charge in [0.1, 0.15) is 6.23 Å². The van der Waals surface area contributed by atoms with E-state index in [1.807, 2.05) is 20.8 Å². The van der Waals surface area contributed by atoms with Crippen LogP contribution in [-0.2, 0) is 14.8 Å². The van der Waals surface area contributed by atoms with E-state index in [1.54, 1.807) is 36.4 Å². The van der Waals surface area contributed by atoms with E-state index >= 15 is 0 Å². The van der Waals surface area contributed by atoms with Gasteiger partial charge in [-0.05, 0) is 43.2 Å². The first-order chi connectivity index (χ1) is 13.6. The molecule has 2 aromatic carbocycles. The SMILES string of the molecule is Cc1ccc(S(=O)(=O)N2[C@H](CC(=O)c3ccc(Cl)c(Cl)c3)OC[C@@H]2C(C)C)cc1. The zero-order valence-corrected chi connectivity index (χ0v) is 18.8. The molecule has 1 fully saturated rings. The van der Waals surface area contributed by atoms with Crippen molar-refractivity contribution in [3.63, 3.8) is 0 Å². The fraction of sp³-hybridized carbons (Fsp3) is 0.381. The summed E-state index contributed by atoms with van der Waals surface area (Å²) >= 11 is 11.9. The first-order valence-electron chi connectivity index (χ1n) is 9.31. The number of ketones is 1. The van der Waals surface area contributed by atoms with E-state index < -0.39 is 16.3 Å². The van der Waals surface area contributed by atoms with Crippen molar-refractivity contribution in [3.8, 4) is 0 Å². The molecule has 0 aliphatic carbocycles. The van der Waals surface area contributed by atoms with Crippen molar-refractivity contribution >= 4 is 39.0 Å². The number of nitrogens with zero attached hydrogens (tertiary/aromatic N) is 1. The second-order valence-corrected chi connectivity index (χ2v) is 10.2. The Kier molecular flexibility index (Phi) is 6.70. The standard InChI is InChI=1S/C21H23Cl2NO4S/c1-13(2)19-12-28-21(11-20(25)15-6-9-17(22)18(23)10-15)24(19)29(26,27)16-7-4-14(3)5-8-16/h4-10,13,19,21H,11-12H2,1-3H3/t19-,21+/m1/s1. The molecule has 0 aromatic heterocycles. The summed E-state index contributed by atoms with van der Waals surface area (Å²) in [5.41, 5.74) is 1.33. The third-order valence-corrected chi connectivity index (χ3v) is 7.71. The lowest BCUT2D eigenvalue weighted by Crippen LogP contribution is -2.45. The van der Waals surface area contributed by atoms with Crippen molar-refractivity contribution in [2.24, 2.45) is 5.92 Å². The highest BCUT2D eigenvalue weighted by atomic mass is 35.5. The summed E-state index contributed by atoms with van der Waals surface area (Å²) in [5, 5.41) is 0.623. The lowest BCUT2D eigenvalue weighted by molar-refractivity contribution is 0.0536. The molecular formula is C21H23Cl2NO4S. The highest BCUT2D eigenvalue weighted by molar-refractivity contribution is 7.89. The van der Waals surface area contributed by atoms with Crippen LogP contribution in [0.1, 0.15) is 36.2 Å². The third kappa shape index (κ3) is 4.67. The number of ether oxygens (including phenoxy) is 1. The number of carbonyl (C=O) groups is 1. The number of halogens is 2. The number of rotatable bonds is 6. The van der Waals surface area contributed by atoms with Crippen molar-refractivity contribution in [1.29, 1.82) is 0 Å². The van der Waals surface area contributed by atoms with Gasteiger partial charge in [-0.2, -0.15) is 4.31 Å². The van der Waals surface area contributed by atoms with Gasteiger partial charge in [0.05, 0.1) is 34.0 Å². The van der Waals surface area contributed by atoms with E-state index in [-0.39, 0.29) is 40.7 Å². The van der Waals surface area contributed by atoms with Crippen LogP contribution in [0.25, 0.3) is 0 Å². The summed E-state index contributed by atoms with van der Waals surface area (Å²) in [5.74, 6) is -0.234. The van der Waals surface area contributed by atoms with Crippen LogP contribution in [0, 0.1) is 12.8 Å². The van der Waals surface area contributed by atoms with Crippen LogP contribution in [-0.4, -0.2) is 37.4 Å². The Hall–Kier alpha value is -1.44. The predicted octanol–water partition coefficient (Wildman–Crippen LogP) is 4.95. The Morgan fingerprint density at radius 1 is 1.14 bits per heavy atom. The molecule has 2 aromatic rings. The summed E-state index contributed by atoms with van der Waals surface area (Å²) < 4.78 is 33.9. The fourth-order valence-electron chi connectivity index (χ4n) is 3.32. The predicted molar refractivity (Wildman–Crippen MR) is 114 cm³/mol. The van der Waals surface area contributed by atoms with Gasteiger partial charge in [-0.3, -0.25) is 4.79 Å². The number of carbonyl (C=O) groups excluding carboxylic acids is 1. The van der Waals surface area contributed by atoms with E-state index in [1.165, 1.54) is 10.4 Å². The molecule has 8 heteroatoms. The first kappa shape index (κ1) is 22.2. The van der Waals surface area contributed by atoms with Crippen LogP contribution in [0.5, 0.6) is 0 Å². The third-order valence-electron chi connectivity index (χ3n) is 5.04. The largest absolute Gasteiger partial charge is 0.360 e. The van der Waals surface area contributed by atoms with Crippen LogP contribution in [0.2, 0.25) is 10.0 Å². The molecule has 1 saturated heterocycles. The minimum atomic E-state index is -3.83. The monoisotopic (exact) mass is 455 g/mol. The molecule has 0 saturated carbocycles. The highest BCUT2D eigenvalue weighted by Gasteiger charge is 2.45. The molecule has 0 radical (unpaired) electrons. The average molecular weight is 456 g/mol. The molecule has 0 N–H and O–H groups in total. The Labute approximate surface area is 181 Å². The Morgan fingerprint density at radius 3 is 2.38 bits per heavy atom. The van der Waals surface area contributed by atoms with Gasteiger partial charge in [-0.15, -0.1) is 0 Å². The fourth-order valence-corrected chi connectivity index (χ4v) is 5.44. The van der Waals surface area contributed by atoms with Gasteiger partial charge in [-0.25, -0.2) is 8.42 Å². The number of aryl methyl sites for hydroxylation is 1. The number of Topliss-reactive ketones (excluding diaryl/α,β-unsaturated/α-hetero) is 1. The van der Waals surface area contributed by atoms with Crippen LogP contribution in [0.3, 0.4) is 0 Å². The van der Waals surface area contributed by atoms with Crippen molar-refractivity contribution in [3.05, 3.63) is 63.6 Å². The van der Waals surface area contributed by atoms with E-state index in [0.717, 1.165) is 5.56 Å². The van der Waals surface area contributed by atoms with Gasteiger partial charge in [0.2, 0.25) is 10.0 Å². The Balaban J connectivity index is 1.91. The molecule has 2 atom stereocenters. The normalized spacial score (nSPS) is 20.3. The maximum atomic E-state index is 13.4. The molecule has 5 nitrogen and oxygen atoms in total. The van der Waals surface area contributed by atoms with E-state index in [4.69, 9.17) is 27.9 Å². The molecule has 0 unspecified atom stereocenters. The van der Waals surface area contributed by atoms with Crippen LogP contribution in [0.4, 0.5) is 0 Å². The molecule has 3 rings (SSSR count). The smallest absolute Gasteiger partial charge is 0.245 e. The molecule has 0 amide bonds. The lowest BCUT2D eigenvalue weighted by Gasteiger charge is -2.29. The average Bonchev–Trinajstić information content (AvgIpc) is 3.09. The Bertz CT molecular complexity index is 1010. The zero-order valence-electron chi connectivity index (χ0n) is 16.4. The minimum absolute atomic E-state index is 0.0281. The molecule has 1 heterocycles. The number of benzene rings is 2. The molecular weight excluding hydrogens is 433 g/mol. The molecule has 1 aliphatic rings. The Morgan fingerprint density at radius 2 is 1.79 bits per heavy atom. The maximum absolute atomic E-state index is 13.4. The van der Waals surface area contributed by atoms with E-state index in [0.29, 0.717) is 10.6 Å². The minimum Gasteiger partial charge on any atom is -0.360 e. The second kappa shape index (κ2) is 8.74. The summed E-state index contributed by atoms with van der Waals surface area (Å²) in [4.78, 5) is 13.0. The highest BCUT2D eigenvalue weighted by Crippen LogP contribution is 2.33. The van der Waals surface area contributed by atoms with Crippen molar-refractivity contribution in [2.75, 3.05) is 6.61 Å². The topological polar surface area (TPSA) is 63.7 Å². The van der Waals surface area contributed by atoms with Gasteiger partial charge >= 0.3 is 0 Å². The van der Waals surface area contributed by atoms with Crippen LogP contribution >= 0.6 is 23.2 Å². The zero-order chi connectivity index (χ0) is 21.3. The number of sulfonamides is 1. The molecule has 156 valence electrons. The number of hydrogen-bond donors (Lipinski definition) is 0. The second-order valence-electron chi connectivity index (χ2n) is 7.50. The van der Waals surface area contributed by atoms with E-state index in [9.17, 15) is 13.2 Å². The molecule has 0 bridgehead atoms. The quantitative estimate of drug-likeness (QED) is 0.578. The van der Waals surface area contributed by atoms with Gasteiger partial charge in [0, 0.05) is 5.56 Å². The van der Waals surface area contributed by atoms with Gasteiger partial charge in [0.15, 0.2) is 5.78 Å².